The Morgan fingerprint density at radius 1 is 1.71 bits per heavy atom. The Balaban J connectivity index is 2.78. The van der Waals surface area contributed by atoms with Gasteiger partial charge in [-0.3, -0.25) is 9.78 Å². The number of nitrogens with one attached hydrogen (secondary N) is 1. The van der Waals surface area contributed by atoms with Crippen LogP contribution in [-0.4, -0.2) is 36.4 Å². The van der Waals surface area contributed by atoms with Crippen molar-refractivity contribution in [1.82, 2.24) is 9.88 Å². The Labute approximate surface area is 101 Å². The molecule has 0 spiro atoms. The summed E-state index contributed by atoms with van der Waals surface area (Å²) in [5.41, 5.74) is 1.22. The van der Waals surface area contributed by atoms with Gasteiger partial charge >= 0.3 is 0 Å². The van der Waals surface area contributed by atoms with Crippen molar-refractivity contribution in [2.45, 2.75) is 6.92 Å². The molecule has 17 heavy (non-hydrogen) atoms. The third-order valence-corrected chi connectivity index (χ3v) is 2.38. The predicted octanol–water partition coefficient (Wildman–Crippen LogP) is 1.35. The molecule has 0 bridgehead atoms. The van der Waals surface area contributed by atoms with Crippen LogP contribution in [0.5, 0.6) is 0 Å². The molecule has 90 valence electrons. The SMILES string of the molecule is CNc1ccnc(C(=O)N(C)CC(C)C#N)c1. The van der Waals surface area contributed by atoms with Crippen LogP contribution in [0, 0.1) is 17.2 Å². The minimum Gasteiger partial charge on any atom is -0.388 e. The molecule has 1 N–H and O–H groups in total. The molecule has 5 nitrogen and oxygen atoms in total. The molecule has 0 aliphatic rings. The zero-order valence-electron chi connectivity index (χ0n) is 10.3. The zero-order valence-corrected chi connectivity index (χ0v) is 10.3. The van der Waals surface area contributed by atoms with Crippen LogP contribution < -0.4 is 5.32 Å². The molecule has 0 aliphatic carbocycles. The second-order valence-electron chi connectivity index (χ2n) is 3.90. The van der Waals surface area contributed by atoms with E-state index in [2.05, 4.69) is 16.4 Å². The van der Waals surface area contributed by atoms with E-state index in [9.17, 15) is 4.79 Å². The Morgan fingerprint density at radius 3 is 3.00 bits per heavy atom. The fourth-order valence-corrected chi connectivity index (χ4v) is 1.43. The molecule has 1 rings (SSSR count). The summed E-state index contributed by atoms with van der Waals surface area (Å²) in [6.07, 6.45) is 1.58. The van der Waals surface area contributed by atoms with Gasteiger partial charge in [-0.05, 0) is 19.1 Å². The van der Waals surface area contributed by atoms with Gasteiger partial charge in [-0.15, -0.1) is 0 Å². The summed E-state index contributed by atoms with van der Waals surface area (Å²) in [7, 11) is 3.45. The van der Waals surface area contributed by atoms with Gasteiger partial charge in [0, 0.05) is 32.5 Å². The van der Waals surface area contributed by atoms with E-state index in [1.54, 1.807) is 39.3 Å². The summed E-state index contributed by atoms with van der Waals surface area (Å²) in [5.74, 6) is -0.361. The summed E-state index contributed by atoms with van der Waals surface area (Å²) in [6, 6.07) is 5.57. The number of hydrogen-bond acceptors (Lipinski definition) is 4. The van der Waals surface area contributed by atoms with E-state index in [-0.39, 0.29) is 11.8 Å². The summed E-state index contributed by atoms with van der Waals surface area (Å²) in [4.78, 5) is 17.5. The Morgan fingerprint density at radius 2 is 2.41 bits per heavy atom. The lowest BCUT2D eigenvalue weighted by atomic mass is 10.2. The zero-order chi connectivity index (χ0) is 12.8. The van der Waals surface area contributed by atoms with E-state index in [1.807, 2.05) is 0 Å². The minimum absolute atomic E-state index is 0.177. The van der Waals surface area contributed by atoms with Crippen molar-refractivity contribution in [1.29, 1.82) is 5.26 Å². The molecule has 0 saturated heterocycles. The topological polar surface area (TPSA) is 69.0 Å². The maximum Gasteiger partial charge on any atom is 0.272 e. The van der Waals surface area contributed by atoms with Crippen LogP contribution in [0.15, 0.2) is 18.3 Å². The number of amides is 1. The molecule has 0 saturated carbocycles. The van der Waals surface area contributed by atoms with Crippen molar-refractivity contribution in [2.75, 3.05) is 26.0 Å². The monoisotopic (exact) mass is 232 g/mol. The summed E-state index contributed by atoms with van der Waals surface area (Å²) in [6.45, 7) is 2.18. The largest absolute Gasteiger partial charge is 0.388 e. The Hall–Kier alpha value is -2.09. The minimum atomic E-state index is -0.184. The standard InChI is InChI=1S/C12H16N4O/c1-9(7-13)8-16(3)12(17)11-6-10(14-2)4-5-15-11/h4-6,9H,8H2,1-3H3,(H,14,15). The van der Waals surface area contributed by atoms with E-state index in [4.69, 9.17) is 5.26 Å². The predicted molar refractivity (Wildman–Crippen MR) is 65.5 cm³/mol. The number of nitrogens with zero attached hydrogens (tertiary/aromatic N) is 3. The highest BCUT2D eigenvalue weighted by atomic mass is 16.2. The summed E-state index contributed by atoms with van der Waals surface area (Å²) in [5, 5.41) is 11.7. The molecule has 1 unspecified atom stereocenters. The molecule has 0 radical (unpaired) electrons. The van der Waals surface area contributed by atoms with E-state index in [0.717, 1.165) is 5.69 Å². The van der Waals surface area contributed by atoms with Gasteiger partial charge in [0.1, 0.15) is 5.69 Å². The third kappa shape index (κ3) is 3.45. The number of hydrogen-bond donors (Lipinski definition) is 1. The number of pyridine rings is 1. The summed E-state index contributed by atoms with van der Waals surface area (Å²) < 4.78 is 0. The second kappa shape index (κ2) is 5.85. The molecular weight excluding hydrogens is 216 g/mol. The molecule has 1 aromatic rings. The van der Waals surface area contributed by atoms with Gasteiger partial charge < -0.3 is 10.2 Å². The van der Waals surface area contributed by atoms with Crippen molar-refractivity contribution in [3.05, 3.63) is 24.0 Å². The van der Waals surface area contributed by atoms with Gasteiger partial charge in [-0.25, -0.2) is 0 Å². The van der Waals surface area contributed by atoms with Crippen molar-refractivity contribution in [3.8, 4) is 6.07 Å². The molecule has 0 fully saturated rings. The fraction of sp³-hybridized carbons (Fsp3) is 0.417. The first-order chi connectivity index (χ1) is 8.08. The average molecular weight is 232 g/mol. The lowest BCUT2D eigenvalue weighted by Gasteiger charge is -2.17. The van der Waals surface area contributed by atoms with Gasteiger partial charge in [-0.1, -0.05) is 0 Å². The van der Waals surface area contributed by atoms with E-state index in [0.29, 0.717) is 12.2 Å². The first kappa shape index (κ1) is 13.0. The van der Waals surface area contributed by atoms with Gasteiger partial charge in [0.15, 0.2) is 0 Å². The van der Waals surface area contributed by atoms with Crippen molar-refractivity contribution >= 4 is 11.6 Å². The van der Waals surface area contributed by atoms with Crippen molar-refractivity contribution < 1.29 is 4.79 Å². The highest BCUT2D eigenvalue weighted by Gasteiger charge is 2.15. The maximum absolute atomic E-state index is 12.0. The first-order valence-electron chi connectivity index (χ1n) is 5.37. The van der Waals surface area contributed by atoms with Crippen molar-refractivity contribution in [2.24, 2.45) is 5.92 Å². The van der Waals surface area contributed by atoms with E-state index >= 15 is 0 Å². The number of rotatable bonds is 4. The molecule has 5 heteroatoms. The molecule has 1 aromatic heterocycles. The Kier molecular flexibility index (Phi) is 4.46. The smallest absolute Gasteiger partial charge is 0.272 e. The maximum atomic E-state index is 12.0. The lowest BCUT2D eigenvalue weighted by Crippen LogP contribution is -2.31. The van der Waals surface area contributed by atoms with Crippen LogP contribution in [0.2, 0.25) is 0 Å². The molecule has 1 amide bonds. The van der Waals surface area contributed by atoms with Crippen molar-refractivity contribution in [3.63, 3.8) is 0 Å². The normalized spacial score (nSPS) is 11.4. The number of aromatic nitrogens is 1. The van der Waals surface area contributed by atoms with Crippen LogP contribution in [0.1, 0.15) is 17.4 Å². The average Bonchev–Trinajstić information content (AvgIpc) is 2.37. The third-order valence-electron chi connectivity index (χ3n) is 2.38. The van der Waals surface area contributed by atoms with Crippen LogP contribution in [0.4, 0.5) is 5.69 Å². The van der Waals surface area contributed by atoms with Gasteiger partial charge in [0.05, 0.1) is 12.0 Å². The summed E-state index contributed by atoms with van der Waals surface area (Å²) >= 11 is 0. The van der Waals surface area contributed by atoms with Crippen LogP contribution in [0.3, 0.4) is 0 Å². The molecule has 0 aromatic carbocycles. The molecular formula is C12H16N4O. The van der Waals surface area contributed by atoms with Crippen LogP contribution >= 0.6 is 0 Å². The molecule has 0 aliphatic heterocycles. The van der Waals surface area contributed by atoms with Gasteiger partial charge in [-0.2, -0.15) is 5.26 Å². The number of anilines is 1. The van der Waals surface area contributed by atoms with E-state index in [1.165, 1.54) is 4.90 Å². The van der Waals surface area contributed by atoms with Crippen LogP contribution in [-0.2, 0) is 0 Å². The van der Waals surface area contributed by atoms with E-state index < -0.39 is 0 Å². The van der Waals surface area contributed by atoms with Crippen LogP contribution in [0.25, 0.3) is 0 Å². The number of nitriles is 1. The quantitative estimate of drug-likeness (QED) is 0.850. The highest BCUT2D eigenvalue weighted by Crippen LogP contribution is 2.09. The first-order valence-corrected chi connectivity index (χ1v) is 5.37. The molecule has 1 heterocycles. The second-order valence-corrected chi connectivity index (χ2v) is 3.90. The number of carbonyl (C=O) groups is 1. The van der Waals surface area contributed by atoms with Gasteiger partial charge in [0.25, 0.3) is 5.91 Å². The molecule has 1 atom stereocenters. The Bertz CT molecular complexity index is 438. The number of carbonyl (C=O) groups excluding carboxylic acids is 1. The lowest BCUT2D eigenvalue weighted by molar-refractivity contribution is 0.0779. The van der Waals surface area contributed by atoms with Gasteiger partial charge in [0.2, 0.25) is 0 Å². The fourth-order valence-electron chi connectivity index (χ4n) is 1.43. The highest BCUT2D eigenvalue weighted by molar-refractivity contribution is 5.92.